The molecule has 4 heterocycles. The van der Waals surface area contributed by atoms with E-state index >= 15 is 0 Å². The summed E-state index contributed by atoms with van der Waals surface area (Å²) >= 11 is 0. The Morgan fingerprint density at radius 2 is 1.07 bits per heavy atom. The second-order valence-electron chi connectivity index (χ2n) is 11.2. The summed E-state index contributed by atoms with van der Waals surface area (Å²) in [6.07, 6.45) is 12.4. The molecule has 4 aromatic rings. The lowest BCUT2D eigenvalue weighted by molar-refractivity contribution is -0.132. The molecular formula is C34H38N6O2. The molecule has 216 valence electrons. The smallest absolute Gasteiger partial charge is 0.223 e. The van der Waals surface area contributed by atoms with E-state index in [4.69, 9.17) is 0 Å². The molecule has 2 amide bonds. The van der Waals surface area contributed by atoms with Gasteiger partial charge in [0.05, 0.1) is 35.9 Å². The Kier molecular flexibility index (Phi) is 8.22. The molecule has 0 saturated carbocycles. The van der Waals surface area contributed by atoms with Crippen molar-refractivity contribution >= 4 is 11.8 Å². The van der Waals surface area contributed by atoms with Crippen LogP contribution in [-0.4, -0.2) is 54.6 Å². The van der Waals surface area contributed by atoms with Crippen molar-refractivity contribution in [3.8, 4) is 33.6 Å². The zero-order valence-electron chi connectivity index (χ0n) is 24.3. The number of carbonyl (C=O) groups is 2. The maximum atomic E-state index is 12.5. The Morgan fingerprint density at radius 3 is 1.45 bits per heavy atom. The number of aromatic amines is 2. The number of aromatic nitrogens is 4. The zero-order chi connectivity index (χ0) is 29.1. The normalized spacial score (nSPS) is 18.6. The fraction of sp³-hybridized carbons (Fsp3) is 0.353. The van der Waals surface area contributed by atoms with Crippen molar-refractivity contribution in [3.05, 3.63) is 85.4 Å². The molecular weight excluding hydrogens is 524 g/mol. The molecule has 2 aliphatic rings. The predicted molar refractivity (Wildman–Crippen MR) is 164 cm³/mol. The van der Waals surface area contributed by atoms with Gasteiger partial charge in [-0.15, -0.1) is 0 Å². The molecule has 2 atom stereocenters. The van der Waals surface area contributed by atoms with Crippen molar-refractivity contribution in [2.75, 3.05) is 13.1 Å². The van der Waals surface area contributed by atoms with E-state index in [0.29, 0.717) is 12.8 Å². The molecule has 0 spiro atoms. The molecule has 2 N–H and O–H groups in total. The van der Waals surface area contributed by atoms with Gasteiger partial charge in [-0.2, -0.15) is 0 Å². The molecule has 0 aliphatic carbocycles. The molecule has 0 bridgehead atoms. The number of nitrogens with one attached hydrogen (secondary N) is 2. The highest BCUT2D eigenvalue weighted by Crippen LogP contribution is 2.34. The van der Waals surface area contributed by atoms with Crippen LogP contribution in [-0.2, 0) is 9.59 Å². The van der Waals surface area contributed by atoms with E-state index in [1.54, 1.807) is 0 Å². The highest BCUT2D eigenvalue weighted by Gasteiger charge is 2.32. The highest BCUT2D eigenvalue weighted by atomic mass is 16.2. The van der Waals surface area contributed by atoms with E-state index in [1.165, 1.54) is 0 Å². The topological polar surface area (TPSA) is 98.0 Å². The molecule has 2 radical (unpaired) electrons. The average molecular weight is 563 g/mol. The number of rotatable bonds is 9. The van der Waals surface area contributed by atoms with Crippen LogP contribution in [0.5, 0.6) is 0 Å². The van der Waals surface area contributed by atoms with Gasteiger partial charge in [-0.05, 0) is 60.8 Å². The minimum absolute atomic E-state index is 0.0224. The second-order valence-corrected chi connectivity index (χ2v) is 11.2. The van der Waals surface area contributed by atoms with Crippen LogP contribution in [0, 0.1) is 12.8 Å². The first-order valence-electron chi connectivity index (χ1n) is 15.0. The van der Waals surface area contributed by atoms with Gasteiger partial charge < -0.3 is 19.8 Å². The average Bonchev–Trinajstić information content (AvgIpc) is 3.83. The number of H-pyrrole nitrogens is 2. The van der Waals surface area contributed by atoms with Gasteiger partial charge in [-0.3, -0.25) is 9.59 Å². The largest absolute Gasteiger partial charge is 0.340 e. The number of imidazole rings is 2. The molecule has 1 unspecified atom stereocenters. The minimum atomic E-state index is 0.0224. The lowest BCUT2D eigenvalue weighted by Gasteiger charge is -2.23. The van der Waals surface area contributed by atoms with E-state index < -0.39 is 0 Å². The molecule has 2 saturated heterocycles. The van der Waals surface area contributed by atoms with Gasteiger partial charge in [0.1, 0.15) is 11.6 Å². The fourth-order valence-corrected chi connectivity index (χ4v) is 6.27. The molecule has 2 aromatic carbocycles. The summed E-state index contributed by atoms with van der Waals surface area (Å²) in [5.41, 5.74) is 6.30. The fourth-order valence-electron chi connectivity index (χ4n) is 6.27. The Labute approximate surface area is 247 Å². The van der Waals surface area contributed by atoms with Crippen molar-refractivity contribution in [2.45, 2.75) is 64.5 Å². The summed E-state index contributed by atoms with van der Waals surface area (Å²) in [5, 5.41) is 0. The first kappa shape index (κ1) is 27.9. The monoisotopic (exact) mass is 562 g/mol. The Hall–Kier alpha value is -4.20. The summed E-state index contributed by atoms with van der Waals surface area (Å²) in [5.74, 6) is 2.06. The van der Waals surface area contributed by atoms with E-state index in [9.17, 15) is 9.59 Å². The van der Waals surface area contributed by atoms with Crippen LogP contribution in [0.1, 0.15) is 76.1 Å². The Bertz CT molecular complexity index is 1400. The van der Waals surface area contributed by atoms with E-state index in [1.807, 2.05) is 48.9 Å². The van der Waals surface area contributed by atoms with Crippen molar-refractivity contribution in [3.63, 3.8) is 0 Å². The second kappa shape index (κ2) is 12.3. The van der Waals surface area contributed by atoms with Crippen LogP contribution in [0.2, 0.25) is 0 Å². The quantitative estimate of drug-likeness (QED) is 0.237. The molecule has 2 aromatic heterocycles. The summed E-state index contributed by atoms with van der Waals surface area (Å²) < 4.78 is 0. The maximum Gasteiger partial charge on any atom is 0.223 e. The van der Waals surface area contributed by atoms with Crippen LogP contribution in [0.3, 0.4) is 0 Å². The van der Waals surface area contributed by atoms with Crippen LogP contribution in [0.15, 0.2) is 60.9 Å². The Balaban J connectivity index is 1.12. The lowest BCUT2D eigenvalue weighted by Crippen LogP contribution is -2.30. The third-order valence-electron chi connectivity index (χ3n) is 8.45. The molecule has 2 aliphatic heterocycles. The minimum Gasteiger partial charge on any atom is -0.340 e. The van der Waals surface area contributed by atoms with Gasteiger partial charge >= 0.3 is 0 Å². The Morgan fingerprint density at radius 1 is 0.690 bits per heavy atom. The SMILES string of the molecule is C[CH]CC(=O)N1CCCC1c1ncc(-c2ccc(-c3ccc(-c4cnc([C@@H]5CCCN5C(=O)C[CH]C)[nH]4)cc3)cc2)[nH]1. The first-order valence-corrected chi connectivity index (χ1v) is 15.0. The standard InChI is InChI=1S/C34H38N6O2/c1-3-7-31(41)39-19-5-9-29(39)33-35-21-27(37-33)25-15-11-23(12-16-25)24-13-17-26(18-14-24)28-22-36-34(38-28)30-10-6-20-40(30)32(42)8-4-2/h3-4,11-18,21-22,29-30H,5-10,19-20H2,1-2H3,(H,35,37)(H,36,38)/t29-,30?/m0/s1. The van der Waals surface area contributed by atoms with E-state index in [0.717, 1.165) is 84.1 Å². The summed E-state index contributed by atoms with van der Waals surface area (Å²) in [6.45, 7) is 5.42. The molecule has 2 fully saturated rings. The summed E-state index contributed by atoms with van der Waals surface area (Å²) in [4.78, 5) is 45.2. The maximum absolute atomic E-state index is 12.5. The number of benzene rings is 2. The van der Waals surface area contributed by atoms with Crippen molar-refractivity contribution in [2.24, 2.45) is 0 Å². The molecule has 8 heteroatoms. The number of hydrogen-bond acceptors (Lipinski definition) is 4. The highest BCUT2D eigenvalue weighted by molar-refractivity contribution is 5.78. The lowest BCUT2D eigenvalue weighted by atomic mass is 10.0. The molecule has 6 rings (SSSR count). The van der Waals surface area contributed by atoms with Gasteiger partial charge in [0.2, 0.25) is 11.8 Å². The van der Waals surface area contributed by atoms with Gasteiger partial charge in [0, 0.05) is 25.9 Å². The predicted octanol–water partition coefficient (Wildman–Crippen LogP) is 6.69. The van der Waals surface area contributed by atoms with E-state index in [2.05, 4.69) is 68.5 Å². The molecule has 8 nitrogen and oxygen atoms in total. The zero-order valence-corrected chi connectivity index (χ0v) is 24.3. The van der Waals surface area contributed by atoms with Crippen molar-refractivity contribution in [1.82, 2.24) is 29.7 Å². The number of hydrogen-bond donors (Lipinski definition) is 2. The van der Waals surface area contributed by atoms with Crippen molar-refractivity contribution in [1.29, 1.82) is 0 Å². The number of nitrogens with zero attached hydrogens (tertiary/aromatic N) is 4. The molecule has 42 heavy (non-hydrogen) atoms. The first-order chi connectivity index (χ1) is 20.6. The number of carbonyl (C=O) groups excluding carboxylic acids is 2. The summed E-state index contributed by atoms with van der Waals surface area (Å²) in [6, 6.07) is 17.0. The summed E-state index contributed by atoms with van der Waals surface area (Å²) in [7, 11) is 0. The van der Waals surface area contributed by atoms with Crippen LogP contribution < -0.4 is 0 Å². The van der Waals surface area contributed by atoms with Crippen LogP contribution in [0.25, 0.3) is 33.6 Å². The van der Waals surface area contributed by atoms with Crippen molar-refractivity contribution < 1.29 is 9.59 Å². The third-order valence-corrected chi connectivity index (χ3v) is 8.45. The number of likely N-dealkylation sites (tertiary alicyclic amines) is 2. The van der Waals surface area contributed by atoms with Crippen LogP contribution in [0.4, 0.5) is 0 Å². The number of amides is 2. The van der Waals surface area contributed by atoms with Gasteiger partial charge in [-0.1, -0.05) is 62.4 Å². The van der Waals surface area contributed by atoms with Gasteiger partial charge in [0.15, 0.2) is 0 Å². The van der Waals surface area contributed by atoms with Crippen LogP contribution >= 0.6 is 0 Å². The van der Waals surface area contributed by atoms with E-state index in [-0.39, 0.29) is 23.9 Å². The van der Waals surface area contributed by atoms with Gasteiger partial charge in [0.25, 0.3) is 0 Å². The third kappa shape index (κ3) is 5.62. The van der Waals surface area contributed by atoms with Gasteiger partial charge in [-0.25, -0.2) is 9.97 Å².